The second-order valence-corrected chi connectivity index (χ2v) is 8.23. The largest absolute Gasteiger partial charge is 0.495 e. The number of nitrogens with one attached hydrogen (secondary N) is 1. The van der Waals surface area contributed by atoms with Crippen molar-refractivity contribution in [3.63, 3.8) is 0 Å². The van der Waals surface area contributed by atoms with Crippen molar-refractivity contribution < 1.29 is 14.1 Å². The van der Waals surface area contributed by atoms with Crippen LogP contribution in [0.15, 0.2) is 18.2 Å². The maximum atomic E-state index is 12.3. The molecule has 1 aromatic rings. The molecular weight excluding hydrogens is 315 g/mol. The predicted octanol–water partition coefficient (Wildman–Crippen LogP) is 2.93. The smallest absolute Gasteiger partial charge is 0.399 e. The van der Waals surface area contributed by atoms with Gasteiger partial charge in [-0.25, -0.2) is 0 Å². The average Bonchev–Trinajstić information content (AvgIpc) is 3.23. The van der Waals surface area contributed by atoms with Gasteiger partial charge in [0.1, 0.15) is 0 Å². The zero-order valence-electron chi connectivity index (χ0n) is 15.6. The number of amides is 1. The summed E-state index contributed by atoms with van der Waals surface area (Å²) in [6, 6.07) is 7.98. The second kappa shape index (κ2) is 5.86. The molecule has 0 bridgehead atoms. The predicted molar refractivity (Wildman–Crippen MR) is 97.4 cm³/mol. The van der Waals surface area contributed by atoms with E-state index in [0.29, 0.717) is 0 Å². The molecule has 0 atom stereocenters. The third-order valence-electron chi connectivity index (χ3n) is 5.75. The normalized spacial score (nSPS) is 22.3. The van der Waals surface area contributed by atoms with E-state index >= 15 is 0 Å². The summed E-state index contributed by atoms with van der Waals surface area (Å²) < 4.78 is 12.2. The lowest BCUT2D eigenvalue weighted by Crippen LogP contribution is -2.41. The number of hydrogen-bond acceptors (Lipinski definition) is 4. The summed E-state index contributed by atoms with van der Waals surface area (Å²) in [6.07, 6.45) is 1.87. The fourth-order valence-electron chi connectivity index (χ4n) is 3.00. The van der Waals surface area contributed by atoms with Crippen LogP contribution in [-0.2, 0) is 14.1 Å². The summed E-state index contributed by atoms with van der Waals surface area (Å²) in [5, 5.41) is 12.1. The van der Waals surface area contributed by atoms with Crippen molar-refractivity contribution in [1.82, 2.24) is 0 Å². The van der Waals surface area contributed by atoms with Gasteiger partial charge in [0.2, 0.25) is 5.91 Å². The fourth-order valence-corrected chi connectivity index (χ4v) is 3.00. The number of rotatable bonds is 4. The first-order valence-electron chi connectivity index (χ1n) is 8.75. The highest BCUT2D eigenvalue weighted by Gasteiger charge is 2.52. The van der Waals surface area contributed by atoms with E-state index in [0.717, 1.165) is 29.6 Å². The van der Waals surface area contributed by atoms with Gasteiger partial charge in [-0.2, -0.15) is 5.26 Å². The fraction of sp³-hybridized carbons (Fsp3) is 0.579. The third kappa shape index (κ3) is 3.31. The monoisotopic (exact) mass is 340 g/mol. The Labute approximate surface area is 149 Å². The highest BCUT2D eigenvalue weighted by Crippen LogP contribution is 2.48. The zero-order chi connectivity index (χ0) is 18.5. The van der Waals surface area contributed by atoms with Gasteiger partial charge in [-0.3, -0.25) is 4.79 Å². The standard InChI is InChI=1S/C19H25BN2O3/c1-13-14(20-24-17(2,3)18(4,5)25-20)7-6-8-15(13)22-16(23)11-19(12-21)9-10-19/h6-8H,9-11H2,1-5H3,(H,22,23). The number of carbonyl (C=O) groups excluding carboxylic acids is 1. The van der Waals surface area contributed by atoms with Gasteiger partial charge in [0, 0.05) is 12.1 Å². The number of anilines is 1. The molecule has 2 aliphatic rings. The summed E-state index contributed by atoms with van der Waals surface area (Å²) in [7, 11) is -0.462. The lowest BCUT2D eigenvalue weighted by molar-refractivity contribution is -0.116. The van der Waals surface area contributed by atoms with E-state index in [9.17, 15) is 4.79 Å². The highest BCUT2D eigenvalue weighted by atomic mass is 16.7. The van der Waals surface area contributed by atoms with Crippen LogP contribution in [0.25, 0.3) is 0 Å². The van der Waals surface area contributed by atoms with Crippen LogP contribution in [0.4, 0.5) is 5.69 Å². The van der Waals surface area contributed by atoms with Crippen LogP contribution in [0.3, 0.4) is 0 Å². The number of nitrogens with zero attached hydrogens (tertiary/aromatic N) is 1. The van der Waals surface area contributed by atoms with Crippen molar-refractivity contribution >= 4 is 24.2 Å². The van der Waals surface area contributed by atoms with E-state index in [1.54, 1.807) is 0 Å². The van der Waals surface area contributed by atoms with Crippen LogP contribution in [0, 0.1) is 23.7 Å². The molecule has 0 spiro atoms. The molecule has 1 amide bonds. The van der Waals surface area contributed by atoms with Gasteiger partial charge >= 0.3 is 7.12 Å². The first kappa shape index (κ1) is 18.0. The molecule has 1 aliphatic heterocycles. The molecule has 5 nitrogen and oxygen atoms in total. The van der Waals surface area contributed by atoms with Crippen LogP contribution in [0.1, 0.15) is 52.5 Å². The maximum absolute atomic E-state index is 12.3. The Bertz CT molecular complexity index is 732. The molecule has 6 heteroatoms. The van der Waals surface area contributed by atoms with E-state index in [4.69, 9.17) is 14.6 Å². The maximum Gasteiger partial charge on any atom is 0.495 e. The lowest BCUT2D eigenvalue weighted by Gasteiger charge is -2.32. The molecule has 1 N–H and O–H groups in total. The van der Waals surface area contributed by atoms with Crippen molar-refractivity contribution in [2.45, 2.75) is 65.1 Å². The lowest BCUT2D eigenvalue weighted by atomic mass is 9.76. The van der Waals surface area contributed by atoms with Crippen molar-refractivity contribution in [3.8, 4) is 6.07 Å². The molecule has 1 saturated heterocycles. The van der Waals surface area contributed by atoms with E-state index < -0.39 is 23.7 Å². The molecule has 3 rings (SSSR count). The van der Waals surface area contributed by atoms with Gasteiger partial charge in [-0.15, -0.1) is 0 Å². The highest BCUT2D eigenvalue weighted by molar-refractivity contribution is 6.62. The van der Waals surface area contributed by atoms with Gasteiger partial charge in [-0.05, 0) is 64.6 Å². The van der Waals surface area contributed by atoms with Gasteiger partial charge in [0.25, 0.3) is 0 Å². The van der Waals surface area contributed by atoms with E-state index in [2.05, 4.69) is 11.4 Å². The van der Waals surface area contributed by atoms with Gasteiger partial charge in [-0.1, -0.05) is 12.1 Å². The Hall–Kier alpha value is -1.84. The first-order valence-corrected chi connectivity index (χ1v) is 8.75. The SMILES string of the molecule is Cc1c(NC(=O)CC2(C#N)CC2)cccc1B1OC(C)(C)C(C)(C)O1. The van der Waals surface area contributed by atoms with Crippen molar-refractivity contribution in [3.05, 3.63) is 23.8 Å². The van der Waals surface area contributed by atoms with Crippen LogP contribution in [0.5, 0.6) is 0 Å². The van der Waals surface area contributed by atoms with Crippen molar-refractivity contribution in [2.75, 3.05) is 5.32 Å². The first-order chi connectivity index (χ1) is 11.6. The summed E-state index contributed by atoms with van der Waals surface area (Å²) in [5.74, 6) is -0.117. The minimum absolute atomic E-state index is 0.117. The Kier molecular flexibility index (Phi) is 4.21. The Morgan fingerprint density at radius 3 is 2.36 bits per heavy atom. The Morgan fingerprint density at radius 1 is 1.24 bits per heavy atom. The van der Waals surface area contributed by atoms with Crippen LogP contribution >= 0.6 is 0 Å². The molecule has 132 valence electrons. The number of hydrogen-bond donors (Lipinski definition) is 1. The Balaban J connectivity index is 1.77. The van der Waals surface area contributed by atoms with Crippen molar-refractivity contribution in [1.29, 1.82) is 5.26 Å². The molecule has 1 heterocycles. The summed E-state index contributed by atoms with van der Waals surface area (Å²) in [4.78, 5) is 12.3. The van der Waals surface area contributed by atoms with Crippen LogP contribution in [-0.4, -0.2) is 24.2 Å². The number of benzene rings is 1. The van der Waals surface area contributed by atoms with Crippen LogP contribution < -0.4 is 10.8 Å². The minimum atomic E-state index is -0.462. The molecule has 0 unspecified atom stereocenters. The minimum Gasteiger partial charge on any atom is -0.399 e. The molecule has 0 aromatic heterocycles. The summed E-state index contributed by atoms with van der Waals surface area (Å²) in [6.45, 7) is 10.0. The molecule has 1 aliphatic carbocycles. The van der Waals surface area contributed by atoms with E-state index in [-0.39, 0.29) is 12.3 Å². The summed E-state index contributed by atoms with van der Waals surface area (Å²) >= 11 is 0. The van der Waals surface area contributed by atoms with Crippen LogP contribution in [0.2, 0.25) is 0 Å². The van der Waals surface area contributed by atoms with E-state index in [1.165, 1.54) is 0 Å². The number of carbonyl (C=O) groups is 1. The summed E-state index contributed by atoms with van der Waals surface area (Å²) in [5.41, 5.74) is 1.32. The molecule has 25 heavy (non-hydrogen) atoms. The third-order valence-corrected chi connectivity index (χ3v) is 5.75. The van der Waals surface area contributed by atoms with Gasteiger partial charge in [0.15, 0.2) is 0 Å². The van der Waals surface area contributed by atoms with Gasteiger partial charge < -0.3 is 14.6 Å². The molecule has 1 aromatic carbocycles. The van der Waals surface area contributed by atoms with Gasteiger partial charge in [0.05, 0.1) is 22.7 Å². The molecule has 2 fully saturated rings. The molecular formula is C19H25BN2O3. The zero-order valence-corrected chi connectivity index (χ0v) is 15.6. The van der Waals surface area contributed by atoms with Crippen molar-refractivity contribution in [2.24, 2.45) is 5.41 Å². The Morgan fingerprint density at radius 2 is 1.84 bits per heavy atom. The molecule has 1 saturated carbocycles. The second-order valence-electron chi connectivity index (χ2n) is 8.23. The quantitative estimate of drug-likeness (QED) is 0.856. The average molecular weight is 340 g/mol. The topological polar surface area (TPSA) is 71.4 Å². The van der Waals surface area contributed by atoms with E-state index in [1.807, 2.05) is 52.8 Å². The molecule has 0 radical (unpaired) electrons. The number of nitriles is 1.